The number of nitrogens with one attached hydrogen (secondary N) is 2. The molecule has 8 atom stereocenters. The number of ether oxygens (including phenoxy) is 2. The highest BCUT2D eigenvalue weighted by atomic mass is 16.5. The van der Waals surface area contributed by atoms with Crippen LogP contribution in [0.25, 0.3) is 0 Å². The molecule has 1 heterocycles. The van der Waals surface area contributed by atoms with Crippen molar-refractivity contribution in [1.29, 1.82) is 0 Å². The van der Waals surface area contributed by atoms with Gasteiger partial charge < -0.3 is 35.0 Å². The average molecular weight is 577 g/mol. The molecule has 0 aromatic heterocycles. The van der Waals surface area contributed by atoms with Crippen LogP contribution < -0.4 is 10.6 Å². The zero-order chi connectivity index (χ0) is 30.7. The van der Waals surface area contributed by atoms with Gasteiger partial charge in [0.1, 0.15) is 0 Å². The van der Waals surface area contributed by atoms with Crippen molar-refractivity contribution < 1.29 is 29.0 Å². The summed E-state index contributed by atoms with van der Waals surface area (Å²) in [5, 5.41) is 16.6. The van der Waals surface area contributed by atoms with E-state index in [0.717, 1.165) is 24.8 Å². The van der Waals surface area contributed by atoms with E-state index in [9.17, 15) is 19.5 Å². The molecule has 0 aliphatic carbocycles. The normalized spacial score (nSPS) is 20.4. The van der Waals surface area contributed by atoms with Gasteiger partial charge in [-0.2, -0.15) is 0 Å². The number of nitrogens with zero attached hydrogens (tertiary/aromatic N) is 2. The number of methoxy groups -OCH3 is 2. The molecule has 1 aliphatic rings. The van der Waals surface area contributed by atoms with Crippen molar-refractivity contribution in [2.24, 2.45) is 11.8 Å². The second-order valence-corrected chi connectivity index (χ2v) is 11.3. The number of rotatable bonds is 16. The van der Waals surface area contributed by atoms with Gasteiger partial charge in [0, 0.05) is 27.8 Å². The fourth-order valence-corrected chi connectivity index (χ4v) is 5.98. The standard InChI is InChI=1S/C31H52N4O6/c1-9-20(2)28(34(6)27(37)19-32-5)25(40-7)18-26(36)35-17-13-16-24(35)30(41-8)21(3)31(39)33-22(4)29(38)23-14-11-10-12-15-23/h10-12,14-15,20-22,24-25,28-30,32,38H,9,13,16-19H2,1-8H3,(H,33,39). The van der Waals surface area contributed by atoms with Crippen LogP contribution in [-0.2, 0) is 23.9 Å². The summed E-state index contributed by atoms with van der Waals surface area (Å²) in [6.07, 6.45) is 0.632. The van der Waals surface area contributed by atoms with Crippen molar-refractivity contribution in [2.75, 3.05) is 41.4 Å². The van der Waals surface area contributed by atoms with Gasteiger partial charge >= 0.3 is 0 Å². The van der Waals surface area contributed by atoms with E-state index in [4.69, 9.17) is 9.47 Å². The molecule has 1 fully saturated rings. The lowest BCUT2D eigenvalue weighted by molar-refractivity contribution is -0.145. The topological polar surface area (TPSA) is 120 Å². The minimum absolute atomic E-state index is 0.0581. The fraction of sp³-hybridized carbons (Fsp3) is 0.710. The lowest BCUT2D eigenvalue weighted by Crippen LogP contribution is -2.54. The summed E-state index contributed by atoms with van der Waals surface area (Å²) >= 11 is 0. The number of benzene rings is 1. The monoisotopic (exact) mass is 576 g/mol. The second-order valence-electron chi connectivity index (χ2n) is 11.3. The largest absolute Gasteiger partial charge is 0.386 e. The van der Waals surface area contributed by atoms with Gasteiger partial charge in [0.05, 0.1) is 55.3 Å². The van der Waals surface area contributed by atoms with Crippen LogP contribution in [0.1, 0.15) is 65.0 Å². The van der Waals surface area contributed by atoms with Gasteiger partial charge in [-0.15, -0.1) is 0 Å². The first-order chi connectivity index (χ1) is 19.5. The number of aliphatic hydroxyl groups excluding tert-OH is 1. The molecule has 1 saturated heterocycles. The van der Waals surface area contributed by atoms with Crippen molar-refractivity contribution in [3.8, 4) is 0 Å². The van der Waals surface area contributed by atoms with Crippen molar-refractivity contribution in [3.05, 3.63) is 35.9 Å². The van der Waals surface area contributed by atoms with Crippen molar-refractivity contribution in [2.45, 2.75) is 89.8 Å². The Bertz CT molecular complexity index is 963. The summed E-state index contributed by atoms with van der Waals surface area (Å²) in [5.41, 5.74) is 0.727. The summed E-state index contributed by atoms with van der Waals surface area (Å²) in [6.45, 7) is 8.48. The Morgan fingerprint density at radius 2 is 1.78 bits per heavy atom. The predicted molar refractivity (Wildman–Crippen MR) is 159 cm³/mol. The number of amides is 3. The molecule has 1 aliphatic heterocycles. The Kier molecular flexibility index (Phi) is 14.2. The van der Waals surface area contributed by atoms with Gasteiger partial charge in [-0.05, 0) is 38.3 Å². The molecule has 0 saturated carbocycles. The van der Waals surface area contributed by atoms with Crippen molar-refractivity contribution in [1.82, 2.24) is 20.4 Å². The van der Waals surface area contributed by atoms with Gasteiger partial charge in [0.25, 0.3) is 0 Å². The Morgan fingerprint density at radius 1 is 1.12 bits per heavy atom. The van der Waals surface area contributed by atoms with Gasteiger partial charge in [0.15, 0.2) is 0 Å². The second kappa shape index (κ2) is 16.8. The maximum atomic E-state index is 13.7. The highest BCUT2D eigenvalue weighted by molar-refractivity contribution is 5.81. The maximum absolute atomic E-state index is 13.7. The van der Waals surface area contributed by atoms with Crippen LogP contribution in [0.5, 0.6) is 0 Å². The Balaban J connectivity index is 2.14. The van der Waals surface area contributed by atoms with Gasteiger partial charge in [0.2, 0.25) is 17.7 Å². The number of carbonyl (C=O) groups is 3. The van der Waals surface area contributed by atoms with Gasteiger partial charge in [-0.1, -0.05) is 57.5 Å². The Hall–Kier alpha value is -2.53. The number of carbonyl (C=O) groups excluding carboxylic acids is 3. The van der Waals surface area contributed by atoms with E-state index in [-0.39, 0.29) is 48.7 Å². The molecule has 41 heavy (non-hydrogen) atoms. The lowest BCUT2D eigenvalue weighted by Gasteiger charge is -2.39. The summed E-state index contributed by atoms with van der Waals surface area (Å²) in [6, 6.07) is 8.17. The van der Waals surface area contributed by atoms with E-state index >= 15 is 0 Å². The van der Waals surface area contributed by atoms with Crippen LogP contribution in [0.4, 0.5) is 0 Å². The molecule has 1 aromatic carbocycles. The summed E-state index contributed by atoms with van der Waals surface area (Å²) in [5.74, 6) is -0.811. The average Bonchev–Trinajstić information content (AvgIpc) is 3.46. The smallest absolute Gasteiger partial charge is 0.236 e. The van der Waals surface area contributed by atoms with Gasteiger partial charge in [-0.3, -0.25) is 14.4 Å². The SMILES string of the molecule is CCC(C)C(C(CC(=O)N1CCCC1C(OC)C(C)C(=O)NC(C)C(O)c1ccccc1)OC)N(C)C(=O)CNC. The van der Waals surface area contributed by atoms with Crippen LogP contribution in [0, 0.1) is 11.8 Å². The highest BCUT2D eigenvalue weighted by Crippen LogP contribution is 2.29. The molecular formula is C31H52N4O6. The van der Waals surface area contributed by atoms with E-state index < -0.39 is 30.3 Å². The number of likely N-dealkylation sites (N-methyl/N-ethyl adjacent to an activating group) is 2. The third-order valence-corrected chi connectivity index (χ3v) is 8.62. The van der Waals surface area contributed by atoms with Crippen LogP contribution in [0.15, 0.2) is 30.3 Å². The lowest BCUT2D eigenvalue weighted by atomic mass is 9.90. The van der Waals surface area contributed by atoms with E-state index in [1.807, 2.05) is 35.2 Å². The van der Waals surface area contributed by atoms with Crippen LogP contribution >= 0.6 is 0 Å². The van der Waals surface area contributed by atoms with Crippen LogP contribution in [0.2, 0.25) is 0 Å². The molecule has 0 spiro atoms. The minimum atomic E-state index is -0.847. The number of hydrogen-bond donors (Lipinski definition) is 3. The van der Waals surface area contributed by atoms with E-state index in [1.54, 1.807) is 47.1 Å². The number of hydrogen-bond acceptors (Lipinski definition) is 7. The first-order valence-electron chi connectivity index (χ1n) is 14.8. The first-order valence-corrected chi connectivity index (χ1v) is 14.8. The van der Waals surface area contributed by atoms with Crippen molar-refractivity contribution in [3.63, 3.8) is 0 Å². The quantitative estimate of drug-likeness (QED) is 0.276. The third-order valence-electron chi connectivity index (χ3n) is 8.62. The maximum Gasteiger partial charge on any atom is 0.236 e. The molecule has 3 amide bonds. The molecular weight excluding hydrogens is 524 g/mol. The van der Waals surface area contributed by atoms with E-state index in [1.165, 1.54) is 0 Å². The zero-order valence-electron chi connectivity index (χ0n) is 26.1. The first kappa shape index (κ1) is 34.7. The number of aliphatic hydroxyl groups is 1. The van der Waals surface area contributed by atoms with Crippen molar-refractivity contribution >= 4 is 17.7 Å². The molecule has 8 unspecified atom stereocenters. The van der Waals surface area contributed by atoms with E-state index in [2.05, 4.69) is 24.5 Å². The van der Waals surface area contributed by atoms with Crippen LogP contribution in [0.3, 0.4) is 0 Å². The molecule has 0 radical (unpaired) electrons. The molecule has 0 bridgehead atoms. The molecule has 3 N–H and O–H groups in total. The predicted octanol–water partition coefficient (Wildman–Crippen LogP) is 2.36. The summed E-state index contributed by atoms with van der Waals surface area (Å²) in [4.78, 5) is 43.2. The molecule has 1 aromatic rings. The summed E-state index contributed by atoms with van der Waals surface area (Å²) < 4.78 is 11.7. The summed E-state index contributed by atoms with van der Waals surface area (Å²) in [7, 11) is 6.65. The highest BCUT2D eigenvalue weighted by Gasteiger charge is 2.42. The fourth-order valence-electron chi connectivity index (χ4n) is 5.98. The minimum Gasteiger partial charge on any atom is -0.386 e. The van der Waals surface area contributed by atoms with Gasteiger partial charge in [-0.25, -0.2) is 0 Å². The zero-order valence-corrected chi connectivity index (χ0v) is 26.1. The Labute approximate surface area is 246 Å². The van der Waals surface area contributed by atoms with E-state index in [0.29, 0.717) is 6.54 Å². The molecule has 2 rings (SSSR count). The molecule has 232 valence electrons. The molecule has 10 nitrogen and oxygen atoms in total. The van der Waals surface area contributed by atoms with Crippen LogP contribution in [-0.4, -0.2) is 104 Å². The Morgan fingerprint density at radius 3 is 2.34 bits per heavy atom. The number of likely N-dealkylation sites (tertiary alicyclic amines) is 1. The molecule has 10 heteroatoms. The third kappa shape index (κ3) is 8.98.